The Hall–Kier alpha value is -3.29. The van der Waals surface area contributed by atoms with Crippen LogP contribution in [-0.4, -0.2) is 62.6 Å². The van der Waals surface area contributed by atoms with Crippen LogP contribution in [-0.2, 0) is 0 Å². The van der Waals surface area contributed by atoms with Crippen molar-refractivity contribution in [2.75, 3.05) is 56.7 Å². The number of rotatable bonds is 6. The molecule has 3 rings (SSSR count). The van der Waals surface area contributed by atoms with Crippen LogP contribution < -0.4 is 14.5 Å². The van der Waals surface area contributed by atoms with Crippen LogP contribution in [0.5, 0.6) is 5.75 Å². The van der Waals surface area contributed by atoms with Crippen molar-refractivity contribution in [3.8, 4) is 5.75 Å². The zero-order chi connectivity index (χ0) is 21.0. The van der Waals surface area contributed by atoms with Crippen LogP contribution in [0.15, 0.2) is 42.5 Å². The Balaban J connectivity index is 1.72. The van der Waals surface area contributed by atoms with Crippen molar-refractivity contribution in [3.63, 3.8) is 0 Å². The summed E-state index contributed by atoms with van der Waals surface area (Å²) in [7, 11) is 3.48. The maximum atomic E-state index is 12.9. The van der Waals surface area contributed by atoms with Crippen molar-refractivity contribution >= 4 is 23.0 Å². The second-order valence-corrected chi connectivity index (χ2v) is 7.04. The van der Waals surface area contributed by atoms with Crippen molar-refractivity contribution in [2.45, 2.75) is 6.92 Å². The van der Waals surface area contributed by atoms with Crippen LogP contribution in [0, 0.1) is 10.1 Å². The number of nitrogens with zero attached hydrogens (tertiary/aromatic N) is 4. The van der Waals surface area contributed by atoms with Gasteiger partial charge in [0.25, 0.3) is 11.6 Å². The van der Waals surface area contributed by atoms with Crippen LogP contribution in [0.3, 0.4) is 0 Å². The predicted octanol–water partition coefficient (Wildman–Crippen LogP) is 3.02. The zero-order valence-corrected chi connectivity index (χ0v) is 17.0. The molecule has 8 nitrogen and oxygen atoms in total. The summed E-state index contributed by atoms with van der Waals surface area (Å²) in [5, 5.41) is 11.4. The fourth-order valence-electron chi connectivity index (χ4n) is 3.51. The molecule has 1 amide bonds. The minimum absolute atomic E-state index is 0.0647. The molecule has 0 spiro atoms. The highest BCUT2D eigenvalue weighted by Gasteiger charge is 2.26. The van der Waals surface area contributed by atoms with Crippen LogP contribution in [0.4, 0.5) is 17.1 Å². The van der Waals surface area contributed by atoms with E-state index in [1.165, 1.54) is 6.07 Å². The molecule has 0 unspecified atom stereocenters. The average Bonchev–Trinajstić information content (AvgIpc) is 2.73. The van der Waals surface area contributed by atoms with Crippen molar-refractivity contribution in [1.29, 1.82) is 0 Å². The number of nitro groups is 1. The normalized spacial score (nSPS) is 13.9. The molecule has 0 aliphatic carbocycles. The average molecular weight is 398 g/mol. The molecule has 1 heterocycles. The SMILES string of the molecule is CCOc1ccccc1N1CCN(C(=O)c2ccc(N(C)C)c([N+](=O)[O-])c2)CC1. The number of nitro benzene ring substituents is 1. The second kappa shape index (κ2) is 8.81. The molecule has 154 valence electrons. The lowest BCUT2D eigenvalue weighted by molar-refractivity contribution is -0.384. The minimum Gasteiger partial charge on any atom is -0.492 e. The van der Waals surface area contributed by atoms with Gasteiger partial charge in [0.15, 0.2) is 0 Å². The molecule has 1 aliphatic rings. The molecule has 2 aromatic rings. The van der Waals surface area contributed by atoms with Gasteiger partial charge in [0.1, 0.15) is 11.4 Å². The van der Waals surface area contributed by atoms with Gasteiger partial charge in [-0.15, -0.1) is 0 Å². The first kappa shape index (κ1) is 20.4. The summed E-state index contributed by atoms with van der Waals surface area (Å²) >= 11 is 0. The first-order valence-corrected chi connectivity index (χ1v) is 9.64. The molecule has 0 N–H and O–H groups in total. The number of hydrogen-bond donors (Lipinski definition) is 0. The van der Waals surface area contributed by atoms with E-state index in [0.717, 1.165) is 11.4 Å². The molecule has 0 radical (unpaired) electrons. The molecule has 1 saturated heterocycles. The Kier molecular flexibility index (Phi) is 6.21. The fraction of sp³-hybridized carbons (Fsp3) is 0.381. The molecule has 2 aromatic carbocycles. The van der Waals surface area contributed by atoms with Gasteiger partial charge in [0, 0.05) is 51.9 Å². The monoisotopic (exact) mass is 398 g/mol. The highest BCUT2D eigenvalue weighted by molar-refractivity contribution is 5.96. The summed E-state index contributed by atoms with van der Waals surface area (Å²) < 4.78 is 5.71. The molecule has 0 bridgehead atoms. The lowest BCUT2D eigenvalue weighted by Crippen LogP contribution is -2.48. The number of piperazine rings is 1. The summed E-state index contributed by atoms with van der Waals surface area (Å²) in [6, 6.07) is 12.5. The number of benzene rings is 2. The van der Waals surface area contributed by atoms with Gasteiger partial charge in [-0.3, -0.25) is 14.9 Å². The van der Waals surface area contributed by atoms with Crippen molar-refractivity contribution in [2.24, 2.45) is 0 Å². The Morgan fingerprint density at radius 1 is 1.14 bits per heavy atom. The van der Waals surface area contributed by atoms with E-state index in [1.54, 1.807) is 36.0 Å². The Morgan fingerprint density at radius 2 is 1.83 bits per heavy atom. The second-order valence-electron chi connectivity index (χ2n) is 7.04. The van der Waals surface area contributed by atoms with Gasteiger partial charge in [-0.25, -0.2) is 0 Å². The molecular formula is C21H26N4O4. The Morgan fingerprint density at radius 3 is 2.45 bits per heavy atom. The van der Waals surface area contributed by atoms with E-state index >= 15 is 0 Å². The van der Waals surface area contributed by atoms with Gasteiger partial charge in [-0.1, -0.05) is 12.1 Å². The minimum atomic E-state index is -0.450. The molecule has 8 heteroatoms. The van der Waals surface area contributed by atoms with Crippen molar-refractivity contribution in [1.82, 2.24) is 4.90 Å². The number of carbonyl (C=O) groups is 1. The van der Waals surface area contributed by atoms with Gasteiger partial charge in [0.05, 0.1) is 17.2 Å². The van der Waals surface area contributed by atoms with E-state index in [2.05, 4.69) is 4.90 Å². The van der Waals surface area contributed by atoms with Crippen molar-refractivity contribution in [3.05, 3.63) is 58.1 Å². The van der Waals surface area contributed by atoms with Gasteiger partial charge in [-0.2, -0.15) is 0 Å². The summed E-state index contributed by atoms with van der Waals surface area (Å²) in [4.78, 5) is 29.5. The number of hydrogen-bond acceptors (Lipinski definition) is 6. The molecule has 1 fully saturated rings. The number of anilines is 2. The highest BCUT2D eigenvalue weighted by Crippen LogP contribution is 2.30. The summed E-state index contributed by atoms with van der Waals surface area (Å²) in [6.45, 7) is 4.98. The predicted molar refractivity (Wildman–Crippen MR) is 113 cm³/mol. The standard InChI is InChI=1S/C21H26N4O4/c1-4-29-20-8-6-5-7-18(20)23-11-13-24(14-12-23)21(26)16-9-10-17(22(2)3)19(15-16)25(27)28/h5-10,15H,4,11-14H2,1-3H3. The first-order chi connectivity index (χ1) is 13.9. The van der Waals surface area contributed by atoms with Crippen molar-refractivity contribution < 1.29 is 14.5 Å². The van der Waals surface area contributed by atoms with Gasteiger partial charge in [0.2, 0.25) is 0 Å². The largest absolute Gasteiger partial charge is 0.492 e. The molecule has 1 aliphatic heterocycles. The summed E-state index contributed by atoms with van der Waals surface area (Å²) in [5.41, 5.74) is 1.77. The van der Waals surface area contributed by atoms with Gasteiger partial charge in [-0.05, 0) is 31.2 Å². The van der Waals surface area contributed by atoms with Crippen LogP contribution >= 0.6 is 0 Å². The molecule has 0 aromatic heterocycles. The Labute approximate surface area is 170 Å². The zero-order valence-electron chi connectivity index (χ0n) is 17.0. The number of carbonyl (C=O) groups excluding carboxylic acids is 1. The van der Waals surface area contributed by atoms with Crippen LogP contribution in [0.2, 0.25) is 0 Å². The smallest absolute Gasteiger partial charge is 0.293 e. The van der Waals surface area contributed by atoms with E-state index in [4.69, 9.17) is 4.74 Å². The van der Waals surface area contributed by atoms with Crippen LogP contribution in [0.1, 0.15) is 17.3 Å². The van der Waals surface area contributed by atoms with E-state index in [-0.39, 0.29) is 11.6 Å². The van der Waals surface area contributed by atoms with Crippen LogP contribution in [0.25, 0.3) is 0 Å². The summed E-state index contributed by atoms with van der Waals surface area (Å²) in [5.74, 6) is 0.654. The molecule has 0 saturated carbocycles. The lowest BCUT2D eigenvalue weighted by Gasteiger charge is -2.36. The third-order valence-electron chi connectivity index (χ3n) is 4.97. The number of para-hydroxylation sites is 2. The third-order valence-corrected chi connectivity index (χ3v) is 4.97. The van der Waals surface area contributed by atoms with E-state index in [1.807, 2.05) is 31.2 Å². The molecule has 0 atom stereocenters. The maximum absolute atomic E-state index is 12.9. The quantitative estimate of drug-likeness (QED) is 0.550. The van der Waals surface area contributed by atoms with E-state index < -0.39 is 4.92 Å². The summed E-state index contributed by atoms with van der Waals surface area (Å²) in [6.07, 6.45) is 0. The van der Waals surface area contributed by atoms with Gasteiger partial charge >= 0.3 is 0 Å². The highest BCUT2D eigenvalue weighted by atomic mass is 16.6. The van der Waals surface area contributed by atoms with E-state index in [0.29, 0.717) is 44.0 Å². The first-order valence-electron chi connectivity index (χ1n) is 9.64. The fourth-order valence-corrected chi connectivity index (χ4v) is 3.51. The Bertz CT molecular complexity index is 892. The number of amides is 1. The maximum Gasteiger partial charge on any atom is 0.293 e. The number of ether oxygens (including phenoxy) is 1. The third kappa shape index (κ3) is 4.42. The topological polar surface area (TPSA) is 79.2 Å². The lowest BCUT2D eigenvalue weighted by atomic mass is 10.1. The molecular weight excluding hydrogens is 372 g/mol. The molecule has 29 heavy (non-hydrogen) atoms. The van der Waals surface area contributed by atoms with E-state index in [9.17, 15) is 14.9 Å². The van der Waals surface area contributed by atoms with Gasteiger partial charge < -0.3 is 19.4 Å².